The molecule has 0 fully saturated rings. The minimum atomic E-state index is 0.776. The molecule has 0 radical (unpaired) electrons. The van der Waals surface area contributed by atoms with Crippen molar-refractivity contribution < 1.29 is 4.42 Å². The van der Waals surface area contributed by atoms with Crippen molar-refractivity contribution in [3.63, 3.8) is 0 Å². The highest BCUT2D eigenvalue weighted by molar-refractivity contribution is 5.87. The highest BCUT2D eigenvalue weighted by Gasteiger charge is 2.03. The number of aryl methyl sites for hydroxylation is 1. The number of nitrogens with zero attached hydrogens (tertiary/aromatic N) is 3. The molecule has 0 saturated heterocycles. The third-order valence-electron chi connectivity index (χ3n) is 2.78. The lowest BCUT2D eigenvalue weighted by Gasteiger charge is -2.06. The summed E-state index contributed by atoms with van der Waals surface area (Å²) in [5.41, 5.74) is 2.02. The fourth-order valence-electron chi connectivity index (χ4n) is 1.91. The Morgan fingerprint density at radius 3 is 3.17 bits per heavy atom. The zero-order valence-corrected chi connectivity index (χ0v) is 10.1. The van der Waals surface area contributed by atoms with Crippen LogP contribution in [0.1, 0.15) is 5.56 Å². The van der Waals surface area contributed by atoms with Crippen molar-refractivity contribution in [1.82, 2.24) is 14.8 Å². The van der Waals surface area contributed by atoms with E-state index >= 15 is 0 Å². The van der Waals surface area contributed by atoms with Crippen LogP contribution in [0.4, 0.5) is 5.82 Å². The first-order chi connectivity index (χ1) is 8.83. The van der Waals surface area contributed by atoms with E-state index in [1.807, 2.05) is 36.1 Å². The van der Waals surface area contributed by atoms with Crippen molar-refractivity contribution in [2.45, 2.75) is 13.5 Å². The fourth-order valence-corrected chi connectivity index (χ4v) is 1.91. The van der Waals surface area contributed by atoms with Gasteiger partial charge in [0.25, 0.3) is 0 Å². The Hall–Kier alpha value is -2.30. The number of hydrogen-bond donors (Lipinski definition) is 1. The number of furan rings is 1. The van der Waals surface area contributed by atoms with Crippen LogP contribution in [0.2, 0.25) is 0 Å². The van der Waals surface area contributed by atoms with Gasteiger partial charge in [-0.25, -0.2) is 4.98 Å². The van der Waals surface area contributed by atoms with Crippen LogP contribution in [-0.2, 0) is 6.54 Å². The minimum absolute atomic E-state index is 0.776. The number of nitrogens with one attached hydrogen (secondary N) is 1. The van der Waals surface area contributed by atoms with Gasteiger partial charge in [0.05, 0.1) is 24.4 Å². The van der Waals surface area contributed by atoms with Gasteiger partial charge in [-0.3, -0.25) is 4.68 Å². The molecule has 3 rings (SSSR count). The zero-order chi connectivity index (χ0) is 12.4. The standard InChI is InChI=1S/C13H14N4O/c1-10-8-16-17(9-10)6-5-15-13-11-3-7-18-12(11)2-4-14-13/h2-4,7-9H,5-6H2,1H3,(H,14,15). The van der Waals surface area contributed by atoms with Gasteiger partial charge in [0, 0.05) is 18.9 Å². The van der Waals surface area contributed by atoms with Crippen LogP contribution in [0, 0.1) is 6.92 Å². The quantitative estimate of drug-likeness (QED) is 0.763. The maximum absolute atomic E-state index is 5.33. The minimum Gasteiger partial charge on any atom is -0.464 e. The Balaban J connectivity index is 1.68. The Kier molecular flexibility index (Phi) is 2.72. The maximum atomic E-state index is 5.33. The lowest BCUT2D eigenvalue weighted by Crippen LogP contribution is -2.11. The molecule has 0 unspecified atom stereocenters. The molecule has 0 spiro atoms. The molecule has 0 bridgehead atoms. The summed E-state index contributed by atoms with van der Waals surface area (Å²) in [6, 6.07) is 3.78. The van der Waals surface area contributed by atoms with Gasteiger partial charge in [0.1, 0.15) is 11.4 Å². The van der Waals surface area contributed by atoms with Gasteiger partial charge < -0.3 is 9.73 Å². The lowest BCUT2D eigenvalue weighted by atomic mass is 10.3. The summed E-state index contributed by atoms with van der Waals surface area (Å²) in [5, 5.41) is 8.55. The van der Waals surface area contributed by atoms with Crippen LogP contribution >= 0.6 is 0 Å². The lowest BCUT2D eigenvalue weighted by molar-refractivity contribution is 0.615. The topological polar surface area (TPSA) is 55.9 Å². The molecular formula is C13H14N4O. The summed E-state index contributed by atoms with van der Waals surface area (Å²) < 4.78 is 7.24. The summed E-state index contributed by atoms with van der Waals surface area (Å²) in [6.07, 6.45) is 7.29. The van der Waals surface area contributed by atoms with E-state index in [9.17, 15) is 0 Å². The average molecular weight is 242 g/mol. The molecule has 0 aliphatic carbocycles. The van der Waals surface area contributed by atoms with Crippen molar-refractivity contribution >= 4 is 16.8 Å². The Labute approximate surface area is 104 Å². The Morgan fingerprint density at radius 1 is 1.39 bits per heavy atom. The predicted molar refractivity (Wildman–Crippen MR) is 69.5 cm³/mol. The first-order valence-corrected chi connectivity index (χ1v) is 5.88. The highest BCUT2D eigenvalue weighted by Crippen LogP contribution is 2.21. The van der Waals surface area contributed by atoms with Crippen molar-refractivity contribution in [1.29, 1.82) is 0 Å². The Morgan fingerprint density at radius 2 is 2.33 bits per heavy atom. The number of rotatable bonds is 4. The molecule has 0 aromatic carbocycles. The van der Waals surface area contributed by atoms with Gasteiger partial charge in [0.15, 0.2) is 0 Å². The van der Waals surface area contributed by atoms with E-state index in [0.717, 1.165) is 29.9 Å². The third kappa shape index (κ3) is 2.07. The van der Waals surface area contributed by atoms with E-state index in [2.05, 4.69) is 15.4 Å². The summed E-state index contributed by atoms with van der Waals surface area (Å²) >= 11 is 0. The molecule has 3 heterocycles. The van der Waals surface area contributed by atoms with Gasteiger partial charge in [-0.1, -0.05) is 0 Å². The molecule has 0 saturated carbocycles. The van der Waals surface area contributed by atoms with Gasteiger partial charge in [-0.2, -0.15) is 5.10 Å². The largest absolute Gasteiger partial charge is 0.464 e. The second-order valence-corrected chi connectivity index (χ2v) is 4.20. The molecule has 3 aromatic heterocycles. The van der Waals surface area contributed by atoms with Crippen LogP contribution in [0.3, 0.4) is 0 Å². The zero-order valence-electron chi connectivity index (χ0n) is 10.1. The molecule has 5 heteroatoms. The second kappa shape index (κ2) is 4.52. The number of fused-ring (bicyclic) bond motifs is 1. The SMILES string of the molecule is Cc1cnn(CCNc2nccc3occc23)c1. The first-order valence-electron chi connectivity index (χ1n) is 5.88. The smallest absolute Gasteiger partial charge is 0.139 e. The highest BCUT2D eigenvalue weighted by atomic mass is 16.3. The molecule has 1 N–H and O–H groups in total. The van der Waals surface area contributed by atoms with E-state index in [-0.39, 0.29) is 0 Å². The molecule has 0 amide bonds. The Bertz CT molecular complexity index is 656. The van der Waals surface area contributed by atoms with Crippen molar-refractivity contribution in [2.24, 2.45) is 0 Å². The number of anilines is 1. The fraction of sp³-hybridized carbons (Fsp3) is 0.231. The predicted octanol–water partition coefficient (Wildman–Crippen LogP) is 2.44. The van der Waals surface area contributed by atoms with E-state index < -0.39 is 0 Å². The number of pyridine rings is 1. The summed E-state index contributed by atoms with van der Waals surface area (Å²) in [6.45, 7) is 3.62. The van der Waals surface area contributed by atoms with E-state index in [1.54, 1.807) is 12.5 Å². The molecule has 18 heavy (non-hydrogen) atoms. The van der Waals surface area contributed by atoms with Gasteiger partial charge in [-0.05, 0) is 24.6 Å². The van der Waals surface area contributed by atoms with Crippen LogP contribution < -0.4 is 5.32 Å². The van der Waals surface area contributed by atoms with E-state index in [1.165, 1.54) is 5.56 Å². The van der Waals surface area contributed by atoms with Gasteiger partial charge in [-0.15, -0.1) is 0 Å². The molecular weight excluding hydrogens is 228 g/mol. The van der Waals surface area contributed by atoms with Crippen molar-refractivity contribution in [3.8, 4) is 0 Å². The first kappa shape index (κ1) is 10.8. The van der Waals surface area contributed by atoms with Crippen LogP contribution in [0.15, 0.2) is 41.4 Å². The van der Waals surface area contributed by atoms with Crippen LogP contribution in [0.25, 0.3) is 11.0 Å². The number of hydrogen-bond acceptors (Lipinski definition) is 4. The van der Waals surface area contributed by atoms with Crippen molar-refractivity contribution in [3.05, 3.63) is 42.5 Å². The molecule has 5 nitrogen and oxygen atoms in total. The summed E-state index contributed by atoms with van der Waals surface area (Å²) in [7, 11) is 0. The maximum Gasteiger partial charge on any atom is 0.139 e. The second-order valence-electron chi connectivity index (χ2n) is 4.20. The molecule has 0 atom stereocenters. The van der Waals surface area contributed by atoms with Gasteiger partial charge >= 0.3 is 0 Å². The van der Waals surface area contributed by atoms with Crippen LogP contribution in [0.5, 0.6) is 0 Å². The van der Waals surface area contributed by atoms with Crippen LogP contribution in [-0.4, -0.2) is 21.3 Å². The third-order valence-corrected chi connectivity index (χ3v) is 2.78. The van der Waals surface area contributed by atoms with Gasteiger partial charge in [0.2, 0.25) is 0 Å². The van der Waals surface area contributed by atoms with E-state index in [4.69, 9.17) is 4.42 Å². The molecule has 92 valence electrons. The summed E-state index contributed by atoms with van der Waals surface area (Å²) in [5.74, 6) is 0.852. The molecule has 3 aromatic rings. The van der Waals surface area contributed by atoms with Crippen molar-refractivity contribution in [2.75, 3.05) is 11.9 Å². The number of aromatic nitrogens is 3. The average Bonchev–Trinajstić information content (AvgIpc) is 2.98. The molecule has 0 aliphatic heterocycles. The molecule has 0 aliphatic rings. The monoisotopic (exact) mass is 242 g/mol. The normalized spacial score (nSPS) is 10.9. The summed E-state index contributed by atoms with van der Waals surface area (Å²) in [4.78, 5) is 4.31. The van der Waals surface area contributed by atoms with E-state index in [0.29, 0.717) is 0 Å².